The monoisotopic (exact) mass is 268 g/mol. The smallest absolute Gasteiger partial charge is 0.230 e. The number of benzene rings is 1. The van der Waals surface area contributed by atoms with Gasteiger partial charge in [-0.15, -0.1) is 0 Å². The number of fused-ring (bicyclic) bond motifs is 1. The maximum absolute atomic E-state index is 6.05. The van der Waals surface area contributed by atoms with Crippen LogP contribution in [0.5, 0.6) is 0 Å². The molecule has 2 saturated carbocycles. The van der Waals surface area contributed by atoms with Crippen LogP contribution < -0.4 is 5.73 Å². The summed E-state index contributed by atoms with van der Waals surface area (Å²) >= 11 is 0. The van der Waals surface area contributed by atoms with E-state index in [9.17, 15) is 0 Å². The summed E-state index contributed by atoms with van der Waals surface area (Å²) in [5, 5.41) is 4.31. The molecule has 2 aromatic rings. The molecule has 2 atom stereocenters. The maximum atomic E-state index is 6.05. The first kappa shape index (κ1) is 12.0. The summed E-state index contributed by atoms with van der Waals surface area (Å²) in [4.78, 5) is 0. The van der Waals surface area contributed by atoms with Crippen molar-refractivity contribution < 1.29 is 4.52 Å². The van der Waals surface area contributed by atoms with Crippen LogP contribution in [0.15, 0.2) is 28.8 Å². The molecular formula is C17H20N2O. The van der Waals surface area contributed by atoms with E-state index in [1.54, 1.807) is 0 Å². The van der Waals surface area contributed by atoms with Crippen LogP contribution in [0, 0.1) is 18.8 Å². The minimum Gasteiger partial charge on any atom is -0.367 e. The Labute approximate surface area is 119 Å². The number of anilines is 1. The van der Waals surface area contributed by atoms with Gasteiger partial charge in [-0.2, -0.15) is 0 Å². The molecule has 2 unspecified atom stereocenters. The summed E-state index contributed by atoms with van der Waals surface area (Å²) in [5.74, 6) is 2.68. The molecule has 3 heteroatoms. The first-order valence-corrected chi connectivity index (χ1v) is 7.58. The molecule has 2 N–H and O–H groups in total. The van der Waals surface area contributed by atoms with Crippen LogP contribution in [0.25, 0.3) is 11.1 Å². The second-order valence-electron chi connectivity index (χ2n) is 6.31. The van der Waals surface area contributed by atoms with Gasteiger partial charge in [0.05, 0.1) is 11.3 Å². The third kappa shape index (κ3) is 1.76. The van der Waals surface area contributed by atoms with Crippen molar-refractivity contribution in [2.24, 2.45) is 11.8 Å². The van der Waals surface area contributed by atoms with Gasteiger partial charge in [0.1, 0.15) is 0 Å². The second kappa shape index (κ2) is 4.37. The van der Waals surface area contributed by atoms with Crippen molar-refractivity contribution in [3.63, 3.8) is 0 Å². The Balaban J connectivity index is 1.75. The molecule has 0 aliphatic heterocycles. The van der Waals surface area contributed by atoms with Crippen molar-refractivity contribution in [3.8, 4) is 11.1 Å². The normalized spacial score (nSPS) is 28.1. The van der Waals surface area contributed by atoms with Crippen molar-refractivity contribution in [2.45, 2.75) is 38.5 Å². The highest BCUT2D eigenvalue weighted by Gasteiger charge is 2.53. The maximum Gasteiger partial charge on any atom is 0.230 e. The predicted octanol–water partition coefficient (Wildman–Crippen LogP) is 4.14. The number of aryl methyl sites for hydroxylation is 1. The SMILES string of the molecule is Cc1cccc(-c2c(C3C4CCCCC43)noc2N)c1. The quantitative estimate of drug-likeness (QED) is 0.890. The summed E-state index contributed by atoms with van der Waals surface area (Å²) < 4.78 is 5.33. The van der Waals surface area contributed by atoms with Crippen LogP contribution in [0.1, 0.15) is 42.9 Å². The van der Waals surface area contributed by atoms with Crippen LogP contribution in [-0.4, -0.2) is 5.16 Å². The van der Waals surface area contributed by atoms with E-state index in [-0.39, 0.29) is 0 Å². The van der Waals surface area contributed by atoms with Gasteiger partial charge in [-0.3, -0.25) is 0 Å². The fourth-order valence-electron chi connectivity index (χ4n) is 4.03. The fourth-order valence-corrected chi connectivity index (χ4v) is 4.03. The summed E-state index contributed by atoms with van der Waals surface area (Å²) in [6.07, 6.45) is 5.42. The molecule has 1 aromatic carbocycles. The first-order valence-electron chi connectivity index (χ1n) is 7.58. The standard InChI is InChI=1S/C17H20N2O/c1-10-5-4-6-11(9-10)14-16(19-20-17(14)18)15-12-7-2-3-8-13(12)15/h4-6,9,12-13,15H,2-3,7-8,18H2,1H3. The van der Waals surface area contributed by atoms with E-state index in [1.165, 1.54) is 31.2 Å². The lowest BCUT2D eigenvalue weighted by Crippen LogP contribution is -1.91. The van der Waals surface area contributed by atoms with E-state index in [1.807, 2.05) is 0 Å². The van der Waals surface area contributed by atoms with E-state index in [0.717, 1.165) is 28.7 Å². The zero-order chi connectivity index (χ0) is 13.7. The van der Waals surface area contributed by atoms with Crippen LogP contribution >= 0.6 is 0 Å². The Bertz CT molecular complexity index is 634. The highest BCUT2D eigenvalue weighted by molar-refractivity contribution is 5.76. The molecule has 0 saturated heterocycles. The zero-order valence-electron chi connectivity index (χ0n) is 11.8. The summed E-state index contributed by atoms with van der Waals surface area (Å²) in [7, 11) is 0. The number of nitrogens with zero attached hydrogens (tertiary/aromatic N) is 1. The van der Waals surface area contributed by atoms with Crippen molar-refractivity contribution in [2.75, 3.05) is 5.73 Å². The number of hydrogen-bond acceptors (Lipinski definition) is 3. The van der Waals surface area contributed by atoms with Gasteiger partial charge in [-0.05, 0) is 37.2 Å². The van der Waals surface area contributed by atoms with Crippen LogP contribution in [-0.2, 0) is 0 Å². The molecule has 3 nitrogen and oxygen atoms in total. The minimum absolute atomic E-state index is 0.467. The van der Waals surface area contributed by atoms with Gasteiger partial charge < -0.3 is 10.3 Å². The average molecular weight is 268 g/mol. The van der Waals surface area contributed by atoms with E-state index in [2.05, 4.69) is 36.3 Å². The summed E-state index contributed by atoms with van der Waals surface area (Å²) in [6, 6.07) is 8.44. The highest BCUT2D eigenvalue weighted by atomic mass is 16.5. The van der Waals surface area contributed by atoms with Crippen LogP contribution in [0.3, 0.4) is 0 Å². The summed E-state index contributed by atoms with van der Waals surface area (Å²) in [6.45, 7) is 2.10. The van der Waals surface area contributed by atoms with Gasteiger partial charge in [-0.1, -0.05) is 47.8 Å². The largest absolute Gasteiger partial charge is 0.367 e. The Morgan fingerprint density at radius 2 is 1.95 bits per heavy atom. The van der Waals surface area contributed by atoms with E-state index in [0.29, 0.717) is 11.8 Å². The lowest BCUT2D eigenvalue weighted by molar-refractivity contribution is 0.426. The van der Waals surface area contributed by atoms with Gasteiger partial charge >= 0.3 is 0 Å². The van der Waals surface area contributed by atoms with Gasteiger partial charge in [-0.25, -0.2) is 0 Å². The van der Waals surface area contributed by atoms with Crippen molar-refractivity contribution in [3.05, 3.63) is 35.5 Å². The van der Waals surface area contributed by atoms with Crippen molar-refractivity contribution in [1.29, 1.82) is 0 Å². The molecule has 1 aromatic heterocycles. The molecule has 104 valence electrons. The fraction of sp³-hybridized carbons (Fsp3) is 0.471. The molecular weight excluding hydrogens is 248 g/mol. The molecule has 2 fully saturated rings. The topological polar surface area (TPSA) is 52.0 Å². The molecule has 2 aliphatic carbocycles. The Hall–Kier alpha value is -1.77. The number of rotatable bonds is 2. The lowest BCUT2D eigenvalue weighted by atomic mass is 10.0. The molecule has 0 bridgehead atoms. The predicted molar refractivity (Wildman–Crippen MR) is 79.3 cm³/mol. The van der Waals surface area contributed by atoms with Gasteiger partial charge in [0, 0.05) is 5.92 Å². The number of nitrogen functional groups attached to an aromatic ring is 1. The Morgan fingerprint density at radius 3 is 2.65 bits per heavy atom. The Morgan fingerprint density at radius 1 is 1.20 bits per heavy atom. The zero-order valence-corrected chi connectivity index (χ0v) is 11.8. The third-order valence-electron chi connectivity index (χ3n) is 5.02. The molecule has 0 amide bonds. The van der Waals surface area contributed by atoms with Crippen molar-refractivity contribution >= 4 is 5.88 Å². The lowest BCUT2D eigenvalue weighted by Gasteiger charge is -2.04. The van der Waals surface area contributed by atoms with Crippen LogP contribution in [0.4, 0.5) is 5.88 Å². The van der Waals surface area contributed by atoms with Gasteiger partial charge in [0.25, 0.3) is 0 Å². The molecule has 0 spiro atoms. The molecule has 4 rings (SSSR count). The van der Waals surface area contributed by atoms with Crippen molar-refractivity contribution in [1.82, 2.24) is 5.16 Å². The molecule has 20 heavy (non-hydrogen) atoms. The first-order chi connectivity index (χ1) is 9.75. The van der Waals surface area contributed by atoms with Gasteiger partial charge in [0.15, 0.2) is 0 Å². The van der Waals surface area contributed by atoms with E-state index >= 15 is 0 Å². The molecule has 1 heterocycles. The second-order valence-corrected chi connectivity index (χ2v) is 6.31. The van der Waals surface area contributed by atoms with E-state index < -0.39 is 0 Å². The third-order valence-corrected chi connectivity index (χ3v) is 5.02. The average Bonchev–Trinajstić information content (AvgIpc) is 3.06. The minimum atomic E-state index is 0.467. The number of nitrogens with two attached hydrogens (primary N) is 1. The number of hydrogen-bond donors (Lipinski definition) is 1. The highest BCUT2D eigenvalue weighted by Crippen LogP contribution is 2.62. The van der Waals surface area contributed by atoms with E-state index in [4.69, 9.17) is 10.3 Å². The Kier molecular flexibility index (Phi) is 2.62. The van der Waals surface area contributed by atoms with Crippen LogP contribution in [0.2, 0.25) is 0 Å². The molecule has 0 radical (unpaired) electrons. The summed E-state index contributed by atoms with van der Waals surface area (Å²) in [5.41, 5.74) is 10.6. The molecule has 2 aliphatic rings. The van der Waals surface area contributed by atoms with Gasteiger partial charge in [0.2, 0.25) is 5.88 Å². The number of aromatic nitrogens is 1.